The fourth-order valence-corrected chi connectivity index (χ4v) is 3.67. The fraction of sp³-hybridized carbons (Fsp3) is 0.333. The SMILES string of the molecule is CCOc1ccc(NC(=O)[C@H]2[C@H](C(=O)NCc3ccco3)[C@H]3C=C[C@@H]2O3)cc1. The van der Waals surface area contributed by atoms with Crippen molar-refractivity contribution in [3.8, 4) is 5.75 Å². The number of furan rings is 1. The summed E-state index contributed by atoms with van der Waals surface area (Å²) in [6.45, 7) is 2.77. The molecule has 0 saturated carbocycles. The number of carbonyl (C=O) groups is 2. The van der Waals surface area contributed by atoms with E-state index in [1.807, 2.05) is 19.1 Å². The fourth-order valence-electron chi connectivity index (χ4n) is 3.67. The Morgan fingerprint density at radius 1 is 1.04 bits per heavy atom. The lowest BCUT2D eigenvalue weighted by molar-refractivity contribution is -0.131. The van der Waals surface area contributed by atoms with Crippen molar-refractivity contribution in [2.45, 2.75) is 25.7 Å². The zero-order valence-corrected chi connectivity index (χ0v) is 15.5. The van der Waals surface area contributed by atoms with Crippen LogP contribution in [-0.2, 0) is 20.9 Å². The first-order valence-electron chi connectivity index (χ1n) is 9.33. The van der Waals surface area contributed by atoms with Gasteiger partial charge in [0.2, 0.25) is 11.8 Å². The van der Waals surface area contributed by atoms with Crippen molar-refractivity contribution in [2.75, 3.05) is 11.9 Å². The summed E-state index contributed by atoms with van der Waals surface area (Å²) in [6.07, 6.45) is 4.47. The summed E-state index contributed by atoms with van der Waals surface area (Å²) in [4.78, 5) is 25.7. The van der Waals surface area contributed by atoms with E-state index in [9.17, 15) is 9.59 Å². The average molecular weight is 382 g/mol. The highest BCUT2D eigenvalue weighted by atomic mass is 16.5. The van der Waals surface area contributed by atoms with Crippen LogP contribution in [0.3, 0.4) is 0 Å². The summed E-state index contributed by atoms with van der Waals surface area (Å²) in [6, 6.07) is 10.7. The van der Waals surface area contributed by atoms with E-state index in [0.29, 0.717) is 18.1 Å². The largest absolute Gasteiger partial charge is 0.494 e. The molecule has 0 unspecified atom stereocenters. The molecule has 2 amide bonds. The van der Waals surface area contributed by atoms with Gasteiger partial charge in [-0.25, -0.2) is 0 Å². The Bertz CT molecular complexity index is 859. The molecule has 3 heterocycles. The quantitative estimate of drug-likeness (QED) is 0.718. The Labute approximate surface area is 162 Å². The molecule has 2 N–H and O–H groups in total. The molecule has 2 aliphatic heterocycles. The molecule has 1 saturated heterocycles. The summed E-state index contributed by atoms with van der Waals surface area (Å²) in [5.41, 5.74) is 0.648. The maximum atomic E-state index is 12.9. The van der Waals surface area contributed by atoms with E-state index >= 15 is 0 Å². The van der Waals surface area contributed by atoms with Crippen molar-refractivity contribution in [3.63, 3.8) is 0 Å². The van der Waals surface area contributed by atoms with Gasteiger partial charge >= 0.3 is 0 Å². The van der Waals surface area contributed by atoms with Gasteiger partial charge in [0.1, 0.15) is 11.5 Å². The maximum absolute atomic E-state index is 12.9. The zero-order chi connectivity index (χ0) is 19.5. The Balaban J connectivity index is 1.43. The highest BCUT2D eigenvalue weighted by Crippen LogP contribution is 2.40. The van der Waals surface area contributed by atoms with Crippen LogP contribution in [0.1, 0.15) is 12.7 Å². The molecular formula is C21H22N2O5. The summed E-state index contributed by atoms with van der Waals surface area (Å²) in [5, 5.41) is 5.72. The second-order valence-electron chi connectivity index (χ2n) is 6.75. The van der Waals surface area contributed by atoms with Crippen LogP contribution in [0.15, 0.2) is 59.2 Å². The number of anilines is 1. The molecule has 0 radical (unpaired) electrons. The molecule has 2 aliphatic rings. The first kappa shape index (κ1) is 18.3. The van der Waals surface area contributed by atoms with Gasteiger partial charge in [-0.3, -0.25) is 9.59 Å². The molecule has 28 heavy (non-hydrogen) atoms. The third-order valence-electron chi connectivity index (χ3n) is 4.95. The van der Waals surface area contributed by atoms with E-state index in [0.717, 1.165) is 5.75 Å². The smallest absolute Gasteiger partial charge is 0.231 e. The van der Waals surface area contributed by atoms with Gasteiger partial charge in [-0.2, -0.15) is 0 Å². The van der Waals surface area contributed by atoms with Crippen molar-refractivity contribution in [3.05, 3.63) is 60.6 Å². The first-order valence-corrected chi connectivity index (χ1v) is 9.33. The molecule has 2 aromatic rings. The van der Waals surface area contributed by atoms with Crippen molar-refractivity contribution >= 4 is 17.5 Å². The topological polar surface area (TPSA) is 89.8 Å². The Hall–Kier alpha value is -3.06. The number of ether oxygens (including phenoxy) is 2. The molecule has 1 fully saturated rings. The number of fused-ring (bicyclic) bond motifs is 2. The van der Waals surface area contributed by atoms with Crippen LogP contribution in [0.2, 0.25) is 0 Å². The van der Waals surface area contributed by atoms with Crippen LogP contribution in [0.4, 0.5) is 5.69 Å². The normalized spacial score (nSPS) is 24.9. The van der Waals surface area contributed by atoms with Crippen LogP contribution in [-0.4, -0.2) is 30.6 Å². The van der Waals surface area contributed by atoms with Crippen LogP contribution in [0, 0.1) is 11.8 Å². The van der Waals surface area contributed by atoms with E-state index in [1.165, 1.54) is 0 Å². The van der Waals surface area contributed by atoms with Gasteiger partial charge in [-0.15, -0.1) is 0 Å². The predicted octanol–water partition coefficient (Wildman–Crippen LogP) is 2.50. The molecule has 4 rings (SSSR count). The van der Waals surface area contributed by atoms with E-state index in [2.05, 4.69) is 10.6 Å². The molecule has 7 heteroatoms. The highest BCUT2D eigenvalue weighted by Gasteiger charge is 2.52. The molecule has 1 aromatic heterocycles. The number of rotatable bonds is 7. The molecule has 146 valence electrons. The number of benzene rings is 1. The molecule has 0 aliphatic carbocycles. The minimum Gasteiger partial charge on any atom is -0.494 e. The van der Waals surface area contributed by atoms with E-state index in [1.54, 1.807) is 42.7 Å². The van der Waals surface area contributed by atoms with Crippen molar-refractivity contribution in [2.24, 2.45) is 11.8 Å². The minimum atomic E-state index is -0.585. The van der Waals surface area contributed by atoms with Crippen LogP contribution < -0.4 is 15.4 Å². The number of hydrogen-bond donors (Lipinski definition) is 2. The second kappa shape index (κ2) is 7.90. The molecule has 7 nitrogen and oxygen atoms in total. The van der Waals surface area contributed by atoms with Crippen LogP contribution >= 0.6 is 0 Å². The monoisotopic (exact) mass is 382 g/mol. The van der Waals surface area contributed by atoms with Gasteiger partial charge in [0.05, 0.1) is 43.5 Å². The Morgan fingerprint density at radius 2 is 1.75 bits per heavy atom. The third kappa shape index (κ3) is 3.66. The minimum absolute atomic E-state index is 0.222. The molecule has 1 aromatic carbocycles. The van der Waals surface area contributed by atoms with Gasteiger partial charge in [0, 0.05) is 5.69 Å². The number of carbonyl (C=O) groups excluding carboxylic acids is 2. The van der Waals surface area contributed by atoms with Crippen molar-refractivity contribution in [1.29, 1.82) is 0 Å². The van der Waals surface area contributed by atoms with Gasteiger partial charge in [-0.05, 0) is 43.3 Å². The van der Waals surface area contributed by atoms with Gasteiger partial charge in [0.15, 0.2) is 0 Å². The second-order valence-corrected chi connectivity index (χ2v) is 6.75. The van der Waals surface area contributed by atoms with Crippen LogP contribution in [0.25, 0.3) is 0 Å². The lowest BCUT2D eigenvalue weighted by Gasteiger charge is -2.23. The van der Waals surface area contributed by atoms with Gasteiger partial charge in [0.25, 0.3) is 0 Å². The standard InChI is InChI=1S/C21H22N2O5/c1-2-26-14-7-5-13(6-8-14)23-21(25)19-17-10-9-16(28-17)18(19)20(24)22-12-15-4-3-11-27-15/h3-11,16-19H,2,12H2,1H3,(H,22,24)(H,23,25)/t16-,17+,18-,19-/m1/s1. The Morgan fingerprint density at radius 3 is 2.39 bits per heavy atom. The number of hydrogen-bond acceptors (Lipinski definition) is 5. The summed E-state index contributed by atoms with van der Waals surface area (Å²) in [5.74, 6) is -0.227. The zero-order valence-electron chi connectivity index (χ0n) is 15.5. The first-order chi connectivity index (χ1) is 13.7. The summed E-state index contributed by atoms with van der Waals surface area (Å²) in [7, 11) is 0. The van der Waals surface area contributed by atoms with Crippen molar-refractivity contribution < 1.29 is 23.5 Å². The number of nitrogens with one attached hydrogen (secondary N) is 2. The lowest BCUT2D eigenvalue weighted by Crippen LogP contribution is -2.44. The van der Waals surface area contributed by atoms with Gasteiger partial charge in [-0.1, -0.05) is 12.2 Å². The average Bonchev–Trinajstić information content (AvgIpc) is 3.45. The maximum Gasteiger partial charge on any atom is 0.231 e. The van der Waals surface area contributed by atoms with Crippen molar-refractivity contribution in [1.82, 2.24) is 5.32 Å². The predicted molar refractivity (Wildman–Crippen MR) is 102 cm³/mol. The van der Waals surface area contributed by atoms with E-state index in [-0.39, 0.29) is 18.4 Å². The molecule has 2 bridgehead atoms. The van der Waals surface area contributed by atoms with Crippen LogP contribution in [0.5, 0.6) is 5.75 Å². The highest BCUT2D eigenvalue weighted by molar-refractivity contribution is 5.97. The lowest BCUT2D eigenvalue weighted by atomic mass is 9.81. The molecule has 4 atom stereocenters. The van der Waals surface area contributed by atoms with Gasteiger partial charge < -0.3 is 24.5 Å². The van der Waals surface area contributed by atoms with E-state index < -0.39 is 24.0 Å². The molecular weight excluding hydrogens is 360 g/mol. The Kier molecular flexibility index (Phi) is 5.16. The summed E-state index contributed by atoms with van der Waals surface area (Å²) < 4.78 is 16.4. The molecule has 0 spiro atoms. The third-order valence-corrected chi connectivity index (χ3v) is 4.95. The van der Waals surface area contributed by atoms with E-state index in [4.69, 9.17) is 13.9 Å². The summed E-state index contributed by atoms with van der Waals surface area (Å²) >= 11 is 0. The number of amides is 2.